The number of benzene rings is 1. The third kappa shape index (κ3) is 2.50. The van der Waals surface area contributed by atoms with Gasteiger partial charge in [0.05, 0.1) is 12.6 Å². The number of ether oxygens (including phenoxy) is 1. The average molecular weight is 299 g/mol. The molecule has 112 valence electrons. The van der Waals surface area contributed by atoms with Crippen LogP contribution in [0.1, 0.15) is 16.1 Å². The van der Waals surface area contributed by atoms with Crippen molar-refractivity contribution in [1.82, 2.24) is 9.61 Å². The molecular formula is C16H14FN3O2. The minimum absolute atomic E-state index is 0.0835. The zero-order valence-corrected chi connectivity index (χ0v) is 12.1. The number of anilines is 1. The smallest absolute Gasteiger partial charge is 0.255 e. The molecule has 0 aliphatic heterocycles. The van der Waals surface area contributed by atoms with Crippen LogP contribution in [0, 0.1) is 12.7 Å². The minimum atomic E-state index is -0.475. The number of aromatic nitrogens is 2. The van der Waals surface area contributed by atoms with Crippen molar-refractivity contribution in [3.63, 3.8) is 0 Å². The molecular weight excluding hydrogens is 285 g/mol. The van der Waals surface area contributed by atoms with Crippen LogP contribution in [0.4, 0.5) is 10.1 Å². The number of aryl methyl sites for hydroxylation is 1. The third-order valence-corrected chi connectivity index (χ3v) is 3.35. The summed E-state index contributed by atoms with van der Waals surface area (Å²) in [5, 5.41) is 6.89. The summed E-state index contributed by atoms with van der Waals surface area (Å²) in [6, 6.07) is 9.49. The van der Waals surface area contributed by atoms with Crippen molar-refractivity contribution in [2.45, 2.75) is 6.92 Å². The molecule has 0 fully saturated rings. The molecule has 0 radical (unpaired) electrons. The van der Waals surface area contributed by atoms with E-state index in [0.29, 0.717) is 11.3 Å². The Labute approximate surface area is 126 Å². The van der Waals surface area contributed by atoms with E-state index in [-0.39, 0.29) is 11.7 Å². The second-order valence-corrected chi connectivity index (χ2v) is 4.86. The zero-order valence-electron chi connectivity index (χ0n) is 12.1. The first kappa shape index (κ1) is 14.1. The molecule has 3 aromatic rings. The quantitative estimate of drug-likeness (QED) is 0.808. The van der Waals surface area contributed by atoms with Crippen LogP contribution < -0.4 is 10.1 Å². The number of methoxy groups -OCH3 is 1. The number of pyridine rings is 1. The molecule has 0 saturated carbocycles. The van der Waals surface area contributed by atoms with Gasteiger partial charge in [0.15, 0.2) is 11.6 Å². The van der Waals surface area contributed by atoms with Gasteiger partial charge in [-0.2, -0.15) is 5.10 Å². The van der Waals surface area contributed by atoms with Crippen LogP contribution >= 0.6 is 0 Å². The largest absolute Gasteiger partial charge is 0.494 e. The summed E-state index contributed by atoms with van der Waals surface area (Å²) < 4.78 is 20.0. The number of hydrogen-bond acceptors (Lipinski definition) is 3. The van der Waals surface area contributed by atoms with E-state index >= 15 is 0 Å². The molecule has 1 N–H and O–H groups in total. The van der Waals surface area contributed by atoms with E-state index in [4.69, 9.17) is 4.74 Å². The number of carbonyl (C=O) groups excluding carboxylic acids is 1. The van der Waals surface area contributed by atoms with E-state index in [0.717, 1.165) is 11.2 Å². The van der Waals surface area contributed by atoms with Gasteiger partial charge >= 0.3 is 0 Å². The number of rotatable bonds is 3. The SMILES string of the molecule is COc1cc(NC(=O)c2cc(C)n3nccc3c2)ccc1F. The number of hydrogen-bond donors (Lipinski definition) is 1. The molecule has 0 bridgehead atoms. The second kappa shape index (κ2) is 5.48. The summed E-state index contributed by atoms with van der Waals surface area (Å²) >= 11 is 0. The fourth-order valence-corrected chi connectivity index (χ4v) is 2.28. The van der Waals surface area contributed by atoms with Crippen molar-refractivity contribution in [2.24, 2.45) is 0 Å². The molecule has 22 heavy (non-hydrogen) atoms. The zero-order chi connectivity index (χ0) is 15.7. The van der Waals surface area contributed by atoms with Crippen molar-refractivity contribution in [3.05, 3.63) is 59.7 Å². The van der Waals surface area contributed by atoms with E-state index in [1.54, 1.807) is 22.8 Å². The summed E-state index contributed by atoms with van der Waals surface area (Å²) in [6.45, 7) is 1.87. The Balaban J connectivity index is 1.89. The topological polar surface area (TPSA) is 55.6 Å². The molecule has 0 saturated heterocycles. The molecule has 0 spiro atoms. The van der Waals surface area contributed by atoms with E-state index < -0.39 is 5.82 Å². The predicted octanol–water partition coefficient (Wildman–Crippen LogP) is 3.04. The van der Waals surface area contributed by atoms with Crippen molar-refractivity contribution in [1.29, 1.82) is 0 Å². The number of halogens is 1. The molecule has 1 aromatic carbocycles. The first-order valence-corrected chi connectivity index (χ1v) is 6.68. The Morgan fingerprint density at radius 1 is 1.27 bits per heavy atom. The van der Waals surface area contributed by atoms with E-state index in [1.807, 2.05) is 13.0 Å². The molecule has 0 unspecified atom stereocenters. The van der Waals surface area contributed by atoms with Crippen LogP contribution in [0.5, 0.6) is 5.75 Å². The third-order valence-electron chi connectivity index (χ3n) is 3.35. The summed E-state index contributed by atoms with van der Waals surface area (Å²) in [7, 11) is 1.38. The van der Waals surface area contributed by atoms with Gasteiger partial charge in [0.2, 0.25) is 0 Å². The maximum atomic E-state index is 13.4. The Hall–Kier alpha value is -2.89. The maximum Gasteiger partial charge on any atom is 0.255 e. The lowest BCUT2D eigenvalue weighted by atomic mass is 10.2. The van der Waals surface area contributed by atoms with Gasteiger partial charge in [-0.3, -0.25) is 4.79 Å². The van der Waals surface area contributed by atoms with Gasteiger partial charge in [0, 0.05) is 29.2 Å². The Bertz CT molecular complexity index is 858. The Kier molecular flexibility index (Phi) is 3.50. The standard InChI is InChI=1S/C16H14FN3O2/c1-10-7-11(8-13-5-6-18-20(10)13)16(21)19-12-3-4-14(17)15(9-12)22-2/h3-9H,1-2H3,(H,19,21). The first-order chi connectivity index (χ1) is 10.6. The van der Waals surface area contributed by atoms with Crippen molar-refractivity contribution < 1.29 is 13.9 Å². The lowest BCUT2D eigenvalue weighted by Crippen LogP contribution is -2.13. The van der Waals surface area contributed by atoms with Crippen molar-refractivity contribution >= 4 is 17.1 Å². The highest BCUT2D eigenvalue weighted by Crippen LogP contribution is 2.22. The van der Waals surface area contributed by atoms with Gasteiger partial charge in [-0.05, 0) is 37.3 Å². The van der Waals surface area contributed by atoms with Crippen LogP contribution in [-0.4, -0.2) is 22.6 Å². The summed E-state index contributed by atoms with van der Waals surface area (Å²) in [4.78, 5) is 12.3. The summed E-state index contributed by atoms with van der Waals surface area (Å²) in [5.41, 5.74) is 2.66. The van der Waals surface area contributed by atoms with Crippen LogP contribution in [0.25, 0.3) is 5.52 Å². The monoisotopic (exact) mass is 299 g/mol. The van der Waals surface area contributed by atoms with E-state index in [2.05, 4.69) is 10.4 Å². The number of carbonyl (C=O) groups is 1. The molecule has 6 heteroatoms. The van der Waals surface area contributed by atoms with Crippen LogP contribution in [0.3, 0.4) is 0 Å². The van der Waals surface area contributed by atoms with Gasteiger partial charge in [-0.15, -0.1) is 0 Å². The molecule has 0 aliphatic rings. The second-order valence-electron chi connectivity index (χ2n) is 4.86. The maximum absolute atomic E-state index is 13.4. The highest BCUT2D eigenvalue weighted by molar-refractivity contribution is 6.05. The van der Waals surface area contributed by atoms with E-state index in [9.17, 15) is 9.18 Å². The molecule has 3 rings (SSSR count). The van der Waals surface area contributed by atoms with Gasteiger partial charge in [-0.25, -0.2) is 8.91 Å². The molecule has 5 nitrogen and oxygen atoms in total. The predicted molar refractivity (Wildman–Crippen MR) is 80.8 cm³/mol. The van der Waals surface area contributed by atoms with Crippen LogP contribution in [0.15, 0.2) is 42.6 Å². The van der Waals surface area contributed by atoms with Crippen molar-refractivity contribution in [2.75, 3.05) is 12.4 Å². The van der Waals surface area contributed by atoms with Gasteiger partial charge in [-0.1, -0.05) is 0 Å². The molecule has 2 aromatic heterocycles. The molecule has 2 heterocycles. The lowest BCUT2D eigenvalue weighted by molar-refractivity contribution is 0.102. The number of amides is 1. The fourth-order valence-electron chi connectivity index (χ4n) is 2.28. The van der Waals surface area contributed by atoms with Crippen molar-refractivity contribution in [3.8, 4) is 5.75 Å². The van der Waals surface area contributed by atoms with Crippen LogP contribution in [0.2, 0.25) is 0 Å². The first-order valence-electron chi connectivity index (χ1n) is 6.68. The van der Waals surface area contributed by atoms with Gasteiger partial charge in [0.1, 0.15) is 0 Å². The number of fused-ring (bicyclic) bond motifs is 1. The van der Waals surface area contributed by atoms with Gasteiger partial charge in [0.25, 0.3) is 5.91 Å². The molecule has 1 amide bonds. The number of nitrogens with zero attached hydrogens (tertiary/aromatic N) is 2. The van der Waals surface area contributed by atoms with Crippen LogP contribution in [-0.2, 0) is 0 Å². The Morgan fingerprint density at radius 3 is 2.86 bits per heavy atom. The average Bonchev–Trinajstić information content (AvgIpc) is 2.98. The molecule has 0 aliphatic carbocycles. The molecule has 0 atom stereocenters. The summed E-state index contributed by atoms with van der Waals surface area (Å²) in [5.74, 6) is -0.669. The minimum Gasteiger partial charge on any atom is -0.494 e. The summed E-state index contributed by atoms with van der Waals surface area (Å²) in [6.07, 6.45) is 1.68. The highest BCUT2D eigenvalue weighted by Gasteiger charge is 2.11. The highest BCUT2D eigenvalue weighted by atomic mass is 19.1. The van der Waals surface area contributed by atoms with E-state index in [1.165, 1.54) is 25.3 Å². The van der Waals surface area contributed by atoms with Gasteiger partial charge < -0.3 is 10.1 Å². The Morgan fingerprint density at radius 2 is 2.09 bits per heavy atom. The normalized spacial score (nSPS) is 10.7. The lowest BCUT2D eigenvalue weighted by Gasteiger charge is -2.09. The fraction of sp³-hybridized carbons (Fsp3) is 0.125. The number of nitrogens with one attached hydrogen (secondary N) is 1.